The van der Waals surface area contributed by atoms with Gasteiger partial charge < -0.3 is 10.2 Å². The van der Waals surface area contributed by atoms with E-state index in [2.05, 4.69) is 61.3 Å². The summed E-state index contributed by atoms with van der Waals surface area (Å²) < 4.78 is 0. The lowest BCUT2D eigenvalue weighted by molar-refractivity contribution is 0.148. The van der Waals surface area contributed by atoms with Crippen LogP contribution in [-0.2, 0) is 5.41 Å². The van der Waals surface area contributed by atoms with Crippen LogP contribution in [-0.4, -0.2) is 37.6 Å². The molecule has 1 atom stereocenters. The van der Waals surface area contributed by atoms with Crippen molar-refractivity contribution in [3.8, 4) is 0 Å². The zero-order valence-corrected chi connectivity index (χ0v) is 14.1. The Morgan fingerprint density at radius 1 is 1.14 bits per heavy atom. The molecule has 1 N–H and O–H groups in total. The zero-order valence-electron chi connectivity index (χ0n) is 14.1. The maximum absolute atomic E-state index is 3.57. The highest BCUT2D eigenvalue weighted by Crippen LogP contribution is 2.27. The number of likely N-dealkylation sites (N-methyl/N-ethyl adjacent to an activating group) is 1. The smallest absolute Gasteiger partial charge is 0.0177 e. The fraction of sp³-hybridized carbons (Fsp3) is 0.684. The Morgan fingerprint density at radius 2 is 1.81 bits per heavy atom. The fourth-order valence-electron chi connectivity index (χ4n) is 3.54. The van der Waals surface area contributed by atoms with Crippen molar-refractivity contribution in [1.29, 1.82) is 0 Å². The second kappa shape index (κ2) is 7.95. The van der Waals surface area contributed by atoms with Gasteiger partial charge in [-0.15, -0.1) is 0 Å². The Kier molecular flexibility index (Phi) is 6.25. The molecule has 2 rings (SSSR count). The third kappa shape index (κ3) is 4.55. The summed E-state index contributed by atoms with van der Waals surface area (Å²) in [6.07, 6.45) is 4.10. The van der Waals surface area contributed by atoms with Gasteiger partial charge in [0, 0.05) is 18.5 Å². The molecule has 2 nitrogen and oxygen atoms in total. The third-order valence-electron chi connectivity index (χ3n) is 5.09. The molecule has 118 valence electrons. The number of hydrogen-bond acceptors (Lipinski definition) is 2. The molecule has 0 amide bonds. The van der Waals surface area contributed by atoms with Crippen LogP contribution >= 0.6 is 0 Å². The van der Waals surface area contributed by atoms with Crippen molar-refractivity contribution >= 4 is 0 Å². The first-order chi connectivity index (χ1) is 10.2. The average Bonchev–Trinajstić information content (AvgIpc) is 2.54. The van der Waals surface area contributed by atoms with Crippen molar-refractivity contribution in [3.05, 3.63) is 35.9 Å². The number of likely N-dealkylation sites (tertiary alicyclic amines) is 1. The lowest BCUT2D eigenvalue weighted by Crippen LogP contribution is -2.47. The molecule has 1 aliphatic heterocycles. The van der Waals surface area contributed by atoms with E-state index in [1.54, 1.807) is 0 Å². The summed E-state index contributed by atoms with van der Waals surface area (Å²) in [5, 5.41) is 3.57. The van der Waals surface area contributed by atoms with Crippen LogP contribution < -0.4 is 5.32 Å². The van der Waals surface area contributed by atoms with E-state index in [0.29, 0.717) is 0 Å². The predicted octanol–water partition coefficient (Wildman–Crippen LogP) is 3.68. The molecule has 0 bridgehead atoms. The largest absolute Gasteiger partial charge is 0.316 e. The monoisotopic (exact) mass is 288 g/mol. The molecule has 0 aliphatic carbocycles. The molecule has 0 aromatic heterocycles. The van der Waals surface area contributed by atoms with E-state index in [9.17, 15) is 0 Å². The highest BCUT2D eigenvalue weighted by Gasteiger charge is 2.30. The molecule has 1 saturated heterocycles. The molecular weight excluding hydrogens is 256 g/mol. The molecule has 1 unspecified atom stereocenters. The van der Waals surface area contributed by atoms with Gasteiger partial charge in [0.2, 0.25) is 0 Å². The Morgan fingerprint density at radius 3 is 2.38 bits per heavy atom. The maximum Gasteiger partial charge on any atom is 0.0177 e. The number of nitrogens with one attached hydrogen (secondary N) is 1. The molecule has 2 heteroatoms. The molecule has 21 heavy (non-hydrogen) atoms. The van der Waals surface area contributed by atoms with Gasteiger partial charge in [-0.05, 0) is 44.0 Å². The minimum absolute atomic E-state index is 0.205. The minimum atomic E-state index is 0.205. The molecule has 0 spiro atoms. The fourth-order valence-corrected chi connectivity index (χ4v) is 3.54. The van der Waals surface area contributed by atoms with Gasteiger partial charge in [0.05, 0.1) is 0 Å². The van der Waals surface area contributed by atoms with E-state index in [0.717, 1.165) is 19.0 Å². The highest BCUT2D eigenvalue weighted by atomic mass is 15.1. The summed E-state index contributed by atoms with van der Waals surface area (Å²) in [6, 6.07) is 11.0. The van der Waals surface area contributed by atoms with Gasteiger partial charge >= 0.3 is 0 Å². The van der Waals surface area contributed by atoms with Crippen molar-refractivity contribution in [1.82, 2.24) is 10.2 Å². The molecule has 1 heterocycles. The Labute approximate surface area is 130 Å². The normalized spacial score (nSPS) is 20.3. The van der Waals surface area contributed by atoms with Crippen LogP contribution in [0.1, 0.15) is 45.6 Å². The van der Waals surface area contributed by atoms with Crippen molar-refractivity contribution in [2.75, 3.05) is 32.7 Å². The number of nitrogens with zero attached hydrogens (tertiary/aromatic N) is 1. The summed E-state index contributed by atoms with van der Waals surface area (Å²) in [5.74, 6) is 0.956. The number of benzene rings is 1. The maximum atomic E-state index is 3.57. The molecule has 1 aromatic rings. The van der Waals surface area contributed by atoms with Crippen molar-refractivity contribution in [2.45, 2.75) is 45.4 Å². The summed E-state index contributed by atoms with van der Waals surface area (Å²) in [6.45, 7) is 12.7. The summed E-state index contributed by atoms with van der Waals surface area (Å²) in [4.78, 5) is 2.68. The van der Waals surface area contributed by atoms with E-state index in [1.165, 1.54) is 44.5 Å². The quantitative estimate of drug-likeness (QED) is 0.823. The first-order valence-electron chi connectivity index (χ1n) is 8.66. The zero-order chi connectivity index (χ0) is 15.1. The lowest BCUT2D eigenvalue weighted by atomic mass is 9.81. The molecule has 1 aliphatic rings. The van der Waals surface area contributed by atoms with Crippen LogP contribution in [0.2, 0.25) is 0 Å². The van der Waals surface area contributed by atoms with Crippen LogP contribution in [0.4, 0.5) is 0 Å². The minimum Gasteiger partial charge on any atom is -0.316 e. The second-order valence-corrected chi connectivity index (χ2v) is 6.83. The Bertz CT molecular complexity index is 395. The topological polar surface area (TPSA) is 15.3 Å². The van der Waals surface area contributed by atoms with E-state index in [-0.39, 0.29) is 5.41 Å². The van der Waals surface area contributed by atoms with E-state index in [1.807, 2.05) is 0 Å². The van der Waals surface area contributed by atoms with Crippen LogP contribution in [0.3, 0.4) is 0 Å². The van der Waals surface area contributed by atoms with Crippen LogP contribution in [0.25, 0.3) is 0 Å². The average molecular weight is 288 g/mol. The van der Waals surface area contributed by atoms with Gasteiger partial charge in [0.1, 0.15) is 0 Å². The molecular formula is C19H32N2. The van der Waals surface area contributed by atoms with Crippen LogP contribution in [0.5, 0.6) is 0 Å². The second-order valence-electron chi connectivity index (χ2n) is 6.83. The van der Waals surface area contributed by atoms with Crippen LogP contribution in [0, 0.1) is 5.92 Å². The number of piperidine rings is 1. The van der Waals surface area contributed by atoms with Gasteiger partial charge in [-0.3, -0.25) is 0 Å². The standard InChI is InChI=1S/C19H32N2/c1-4-17-11-13-21(14-12-17)16-19(3,15-20-5-2)18-9-7-6-8-10-18/h6-10,17,20H,4-5,11-16H2,1-3H3. The molecule has 0 radical (unpaired) electrons. The Hall–Kier alpha value is -0.860. The Balaban J connectivity index is 2.03. The third-order valence-corrected chi connectivity index (χ3v) is 5.09. The SMILES string of the molecule is CCNCC(C)(CN1CCC(CC)CC1)c1ccccc1. The van der Waals surface area contributed by atoms with Crippen LogP contribution in [0.15, 0.2) is 30.3 Å². The van der Waals surface area contributed by atoms with Gasteiger partial charge in [-0.1, -0.05) is 57.5 Å². The summed E-state index contributed by atoms with van der Waals surface area (Å²) >= 11 is 0. The molecule has 1 aromatic carbocycles. The first kappa shape index (κ1) is 16.5. The van der Waals surface area contributed by atoms with Gasteiger partial charge in [-0.2, -0.15) is 0 Å². The van der Waals surface area contributed by atoms with Crippen molar-refractivity contribution in [2.24, 2.45) is 5.92 Å². The highest BCUT2D eigenvalue weighted by molar-refractivity contribution is 5.25. The van der Waals surface area contributed by atoms with Crippen molar-refractivity contribution < 1.29 is 0 Å². The van der Waals surface area contributed by atoms with Gasteiger partial charge in [0.15, 0.2) is 0 Å². The van der Waals surface area contributed by atoms with Crippen molar-refractivity contribution in [3.63, 3.8) is 0 Å². The lowest BCUT2D eigenvalue weighted by Gasteiger charge is -2.39. The van der Waals surface area contributed by atoms with E-state index in [4.69, 9.17) is 0 Å². The molecule has 0 saturated carbocycles. The first-order valence-corrected chi connectivity index (χ1v) is 8.66. The molecule has 1 fully saturated rings. The number of hydrogen-bond donors (Lipinski definition) is 1. The van der Waals surface area contributed by atoms with E-state index >= 15 is 0 Å². The summed E-state index contributed by atoms with van der Waals surface area (Å²) in [5.41, 5.74) is 1.67. The summed E-state index contributed by atoms with van der Waals surface area (Å²) in [7, 11) is 0. The van der Waals surface area contributed by atoms with Gasteiger partial charge in [-0.25, -0.2) is 0 Å². The number of rotatable bonds is 7. The van der Waals surface area contributed by atoms with E-state index < -0.39 is 0 Å². The van der Waals surface area contributed by atoms with Gasteiger partial charge in [0.25, 0.3) is 0 Å². The predicted molar refractivity (Wildman–Crippen MR) is 91.8 cm³/mol.